The Morgan fingerprint density at radius 3 is 2.40 bits per heavy atom. The van der Waals surface area contributed by atoms with Crippen LogP contribution in [0.15, 0.2) is 45.6 Å². The van der Waals surface area contributed by atoms with Crippen molar-refractivity contribution < 1.29 is 32.9 Å². The number of hydrogen-bond donors (Lipinski definition) is 0. The van der Waals surface area contributed by atoms with E-state index in [4.69, 9.17) is 28.1 Å². The molecule has 0 amide bonds. The Kier molecular flexibility index (Phi) is 4.99. The number of benzene rings is 2. The first-order valence-electron chi connectivity index (χ1n) is 9.25. The van der Waals surface area contributed by atoms with Gasteiger partial charge >= 0.3 is 11.6 Å². The van der Waals surface area contributed by atoms with Gasteiger partial charge in [-0.25, -0.2) is 4.79 Å². The van der Waals surface area contributed by atoms with Crippen LogP contribution in [0.2, 0.25) is 0 Å². The lowest BCUT2D eigenvalue weighted by molar-refractivity contribution is -0.132. The maximum atomic E-state index is 11.7. The molecule has 1 aromatic heterocycles. The number of ether oxygens (including phenoxy) is 5. The molecule has 2 heterocycles. The Morgan fingerprint density at radius 2 is 1.70 bits per heavy atom. The molecule has 0 saturated carbocycles. The molecule has 3 aromatic rings. The molecular weight excluding hydrogens is 392 g/mol. The monoisotopic (exact) mass is 412 g/mol. The predicted molar refractivity (Wildman–Crippen MR) is 107 cm³/mol. The molecule has 1 aliphatic rings. The minimum absolute atomic E-state index is 0.298. The van der Waals surface area contributed by atoms with E-state index in [2.05, 4.69) is 0 Å². The average Bonchev–Trinajstić information content (AvgIpc) is 2.73. The van der Waals surface area contributed by atoms with Crippen molar-refractivity contribution in [3.8, 4) is 28.7 Å². The summed E-state index contributed by atoms with van der Waals surface area (Å²) >= 11 is 0. The largest absolute Gasteiger partial charge is 0.493 e. The molecule has 156 valence electrons. The van der Waals surface area contributed by atoms with Crippen molar-refractivity contribution in [1.82, 2.24) is 0 Å². The first-order chi connectivity index (χ1) is 14.4. The second kappa shape index (κ2) is 7.62. The van der Waals surface area contributed by atoms with Crippen LogP contribution in [0.4, 0.5) is 0 Å². The number of esters is 1. The van der Waals surface area contributed by atoms with Crippen LogP contribution in [-0.4, -0.2) is 26.3 Å². The quantitative estimate of drug-likeness (QED) is 0.364. The summed E-state index contributed by atoms with van der Waals surface area (Å²) in [5.41, 5.74) is 0.558. The maximum absolute atomic E-state index is 11.7. The summed E-state index contributed by atoms with van der Waals surface area (Å²) in [7, 11) is 3.01. The zero-order valence-corrected chi connectivity index (χ0v) is 16.9. The molecular formula is C22H20O8. The highest BCUT2D eigenvalue weighted by Crippen LogP contribution is 2.49. The molecule has 4 rings (SSSR count). The fourth-order valence-corrected chi connectivity index (χ4v) is 3.42. The van der Waals surface area contributed by atoms with Gasteiger partial charge in [-0.3, -0.25) is 4.79 Å². The standard InChI is InChI=1S/C22H20O8/c1-11-19(13-5-7-15(28-12(2)23)16(9-13)25-3)30-21-17(26-4)10-14-6-8-18(24)29-20(14)22(21)27-11/h5-11,19H,1-4H3. The minimum atomic E-state index is -0.514. The van der Waals surface area contributed by atoms with Gasteiger partial charge in [-0.15, -0.1) is 0 Å². The van der Waals surface area contributed by atoms with E-state index < -0.39 is 23.8 Å². The van der Waals surface area contributed by atoms with E-state index in [9.17, 15) is 9.59 Å². The van der Waals surface area contributed by atoms with Crippen molar-refractivity contribution >= 4 is 16.9 Å². The van der Waals surface area contributed by atoms with E-state index in [1.807, 2.05) is 6.92 Å². The highest BCUT2D eigenvalue weighted by Gasteiger charge is 2.35. The predicted octanol–water partition coefficient (Wildman–Crippen LogP) is 3.64. The van der Waals surface area contributed by atoms with Crippen LogP contribution < -0.4 is 29.3 Å². The summed E-state index contributed by atoms with van der Waals surface area (Å²) in [5, 5.41) is 0.659. The number of rotatable bonds is 4. The molecule has 1 aliphatic heterocycles. The smallest absolute Gasteiger partial charge is 0.336 e. The highest BCUT2D eigenvalue weighted by atomic mass is 16.6. The van der Waals surface area contributed by atoms with Crippen molar-refractivity contribution in [1.29, 1.82) is 0 Å². The SMILES string of the molecule is COc1cc(C2Oc3c(OC)cc4ccc(=O)oc4c3OC2C)ccc1OC(C)=O. The third-order valence-electron chi connectivity index (χ3n) is 4.75. The van der Waals surface area contributed by atoms with Crippen LogP contribution in [0.5, 0.6) is 28.7 Å². The van der Waals surface area contributed by atoms with Crippen molar-refractivity contribution in [2.24, 2.45) is 0 Å². The third kappa shape index (κ3) is 3.41. The van der Waals surface area contributed by atoms with Gasteiger partial charge < -0.3 is 28.1 Å². The lowest BCUT2D eigenvalue weighted by Gasteiger charge is -2.33. The van der Waals surface area contributed by atoms with E-state index in [0.29, 0.717) is 39.7 Å². The minimum Gasteiger partial charge on any atom is -0.493 e. The van der Waals surface area contributed by atoms with Gasteiger partial charge in [0.2, 0.25) is 11.5 Å². The molecule has 0 fully saturated rings. The van der Waals surface area contributed by atoms with Crippen LogP contribution in [0.1, 0.15) is 25.5 Å². The first-order valence-corrected chi connectivity index (χ1v) is 9.25. The Morgan fingerprint density at radius 1 is 0.933 bits per heavy atom. The van der Waals surface area contributed by atoms with Crippen molar-refractivity contribution in [3.05, 3.63) is 52.4 Å². The van der Waals surface area contributed by atoms with Crippen LogP contribution >= 0.6 is 0 Å². The van der Waals surface area contributed by atoms with Crippen LogP contribution in [-0.2, 0) is 4.79 Å². The Hall–Kier alpha value is -3.68. The molecule has 8 heteroatoms. The van der Waals surface area contributed by atoms with E-state index in [0.717, 1.165) is 5.56 Å². The summed E-state index contributed by atoms with van der Waals surface area (Å²) in [6.07, 6.45) is -0.942. The Bertz CT molecular complexity index is 1180. The second-order valence-electron chi connectivity index (χ2n) is 6.78. The molecule has 2 atom stereocenters. The summed E-state index contributed by atoms with van der Waals surface area (Å²) in [6, 6.07) is 9.82. The topological polar surface area (TPSA) is 93.4 Å². The van der Waals surface area contributed by atoms with Crippen molar-refractivity contribution in [2.75, 3.05) is 14.2 Å². The van der Waals surface area contributed by atoms with E-state index in [1.165, 1.54) is 27.2 Å². The summed E-state index contributed by atoms with van der Waals surface area (Å²) in [5.74, 6) is 1.36. The summed E-state index contributed by atoms with van der Waals surface area (Å²) in [6.45, 7) is 3.16. The average molecular weight is 412 g/mol. The number of methoxy groups -OCH3 is 2. The lowest BCUT2D eigenvalue weighted by Crippen LogP contribution is -2.31. The van der Waals surface area contributed by atoms with Gasteiger partial charge in [0.25, 0.3) is 0 Å². The third-order valence-corrected chi connectivity index (χ3v) is 4.75. The normalized spacial score (nSPS) is 17.5. The zero-order valence-electron chi connectivity index (χ0n) is 16.9. The second-order valence-corrected chi connectivity index (χ2v) is 6.78. The molecule has 8 nitrogen and oxygen atoms in total. The van der Waals surface area contributed by atoms with Crippen molar-refractivity contribution in [3.63, 3.8) is 0 Å². The summed E-state index contributed by atoms with van der Waals surface area (Å²) in [4.78, 5) is 23.0. The first kappa shape index (κ1) is 19.6. The van der Waals surface area contributed by atoms with E-state index in [1.54, 1.807) is 30.3 Å². The van der Waals surface area contributed by atoms with Gasteiger partial charge in [0.15, 0.2) is 28.9 Å². The molecule has 0 aliphatic carbocycles. The van der Waals surface area contributed by atoms with Gasteiger partial charge in [-0.2, -0.15) is 0 Å². The molecule has 2 aromatic carbocycles. The summed E-state index contributed by atoms with van der Waals surface area (Å²) < 4.78 is 33.7. The number of fused-ring (bicyclic) bond motifs is 3. The molecule has 0 saturated heterocycles. The maximum Gasteiger partial charge on any atom is 0.336 e. The lowest BCUT2D eigenvalue weighted by atomic mass is 10.0. The fourth-order valence-electron chi connectivity index (χ4n) is 3.42. The van der Waals surface area contributed by atoms with E-state index in [-0.39, 0.29) is 0 Å². The van der Waals surface area contributed by atoms with Gasteiger partial charge in [0.05, 0.1) is 14.2 Å². The van der Waals surface area contributed by atoms with Gasteiger partial charge in [-0.05, 0) is 31.2 Å². The zero-order chi connectivity index (χ0) is 21.4. The van der Waals surface area contributed by atoms with Gasteiger partial charge in [0, 0.05) is 23.9 Å². The molecule has 0 radical (unpaired) electrons. The van der Waals surface area contributed by atoms with Gasteiger partial charge in [-0.1, -0.05) is 6.07 Å². The molecule has 0 bridgehead atoms. The molecule has 0 N–H and O–H groups in total. The Balaban J connectivity index is 1.78. The number of hydrogen-bond acceptors (Lipinski definition) is 8. The highest BCUT2D eigenvalue weighted by molar-refractivity contribution is 5.88. The Labute approximate surface area is 171 Å². The van der Waals surface area contributed by atoms with Crippen LogP contribution in [0, 0.1) is 0 Å². The number of carbonyl (C=O) groups is 1. The van der Waals surface area contributed by atoms with Crippen LogP contribution in [0.25, 0.3) is 11.0 Å². The number of carbonyl (C=O) groups excluding carboxylic acids is 1. The van der Waals surface area contributed by atoms with E-state index >= 15 is 0 Å². The van der Waals surface area contributed by atoms with Crippen LogP contribution in [0.3, 0.4) is 0 Å². The molecule has 0 spiro atoms. The van der Waals surface area contributed by atoms with Crippen molar-refractivity contribution in [2.45, 2.75) is 26.1 Å². The molecule has 30 heavy (non-hydrogen) atoms. The fraction of sp³-hybridized carbons (Fsp3) is 0.273. The molecule has 2 unspecified atom stereocenters. The van der Waals surface area contributed by atoms with Gasteiger partial charge in [0.1, 0.15) is 6.10 Å².